The Morgan fingerprint density at radius 3 is 2.39 bits per heavy atom. The highest BCUT2D eigenvalue weighted by Gasteiger charge is 2.51. The van der Waals surface area contributed by atoms with Crippen molar-refractivity contribution in [2.24, 2.45) is 0 Å². The molecule has 2 aromatic rings. The molecule has 0 bridgehead atoms. The van der Waals surface area contributed by atoms with E-state index in [1.807, 2.05) is 0 Å². The minimum absolute atomic E-state index is 0.198. The van der Waals surface area contributed by atoms with E-state index in [4.69, 9.17) is 0 Å². The van der Waals surface area contributed by atoms with Crippen molar-refractivity contribution in [1.29, 1.82) is 0 Å². The van der Waals surface area contributed by atoms with Crippen LogP contribution in [0.1, 0.15) is 36.7 Å². The van der Waals surface area contributed by atoms with Gasteiger partial charge in [0.15, 0.2) is 5.66 Å². The van der Waals surface area contributed by atoms with E-state index in [2.05, 4.69) is 5.43 Å². The van der Waals surface area contributed by atoms with Gasteiger partial charge in [-0.2, -0.15) is 0 Å². The molecule has 9 nitrogen and oxygen atoms in total. The Morgan fingerprint density at radius 2 is 1.79 bits per heavy atom. The molecule has 144 valence electrons. The summed E-state index contributed by atoms with van der Waals surface area (Å²) >= 11 is 0. The Hall–Kier alpha value is -3.75. The van der Waals surface area contributed by atoms with Gasteiger partial charge in [0.1, 0.15) is 0 Å². The Kier molecular flexibility index (Phi) is 4.60. The zero-order valence-electron chi connectivity index (χ0n) is 15.5. The van der Waals surface area contributed by atoms with Crippen molar-refractivity contribution in [2.45, 2.75) is 26.4 Å². The van der Waals surface area contributed by atoms with E-state index in [-0.39, 0.29) is 11.3 Å². The predicted molar refractivity (Wildman–Crippen MR) is 100 cm³/mol. The number of nitro benzene ring substituents is 1. The van der Waals surface area contributed by atoms with Crippen LogP contribution in [0.25, 0.3) is 0 Å². The maximum atomic E-state index is 13.2. The Balaban J connectivity index is 2.34. The predicted octanol–water partition coefficient (Wildman–Crippen LogP) is 2.33. The highest BCUT2D eigenvalue weighted by molar-refractivity contribution is 6.09. The maximum Gasteiger partial charge on any atom is 0.276 e. The molecule has 1 atom stereocenters. The van der Waals surface area contributed by atoms with Crippen LogP contribution in [0.15, 0.2) is 48.5 Å². The third-order valence-corrected chi connectivity index (χ3v) is 4.64. The molecular weight excluding hydrogens is 364 g/mol. The van der Waals surface area contributed by atoms with Crippen molar-refractivity contribution < 1.29 is 19.3 Å². The summed E-state index contributed by atoms with van der Waals surface area (Å²) in [7, 11) is 0. The Morgan fingerprint density at radius 1 is 1.11 bits per heavy atom. The van der Waals surface area contributed by atoms with Gasteiger partial charge in [-0.3, -0.25) is 34.8 Å². The number of anilines is 1. The number of rotatable bonds is 3. The molecule has 1 unspecified atom stereocenters. The second-order valence-electron chi connectivity index (χ2n) is 6.51. The lowest BCUT2D eigenvalue weighted by atomic mass is 9.92. The lowest BCUT2D eigenvalue weighted by Gasteiger charge is -2.51. The largest absolute Gasteiger partial charge is 0.282 e. The molecule has 1 aliphatic rings. The van der Waals surface area contributed by atoms with Crippen molar-refractivity contribution in [3.05, 3.63) is 69.8 Å². The van der Waals surface area contributed by atoms with Crippen LogP contribution < -0.4 is 10.3 Å². The topological polar surface area (TPSA) is 113 Å². The normalized spacial score (nSPS) is 18.5. The first kappa shape index (κ1) is 19.0. The number of hydrogen-bond donors (Lipinski definition) is 1. The van der Waals surface area contributed by atoms with Gasteiger partial charge in [-0.05, 0) is 19.1 Å². The lowest BCUT2D eigenvalue weighted by molar-refractivity contribution is -0.385. The average molecular weight is 382 g/mol. The lowest BCUT2D eigenvalue weighted by Crippen LogP contribution is -2.67. The minimum Gasteiger partial charge on any atom is -0.282 e. The summed E-state index contributed by atoms with van der Waals surface area (Å²) < 4.78 is 0. The summed E-state index contributed by atoms with van der Waals surface area (Å²) in [6.07, 6.45) is 0. The number of fused-ring (bicyclic) bond motifs is 1. The van der Waals surface area contributed by atoms with E-state index in [9.17, 15) is 24.5 Å². The van der Waals surface area contributed by atoms with Crippen molar-refractivity contribution in [1.82, 2.24) is 10.4 Å². The molecule has 3 rings (SSSR count). The monoisotopic (exact) mass is 382 g/mol. The van der Waals surface area contributed by atoms with Gasteiger partial charge < -0.3 is 0 Å². The van der Waals surface area contributed by atoms with Crippen LogP contribution in [0.4, 0.5) is 11.4 Å². The van der Waals surface area contributed by atoms with Gasteiger partial charge >= 0.3 is 0 Å². The fourth-order valence-corrected chi connectivity index (χ4v) is 3.47. The highest BCUT2D eigenvalue weighted by atomic mass is 16.6. The van der Waals surface area contributed by atoms with Gasteiger partial charge in [-0.1, -0.05) is 24.3 Å². The zero-order valence-corrected chi connectivity index (χ0v) is 15.5. The molecule has 0 saturated carbocycles. The second kappa shape index (κ2) is 6.76. The third kappa shape index (κ3) is 2.86. The SMILES string of the molecule is CC(=O)NN1C(=O)c2ccccc2N(C(C)=O)C1(C)c1cccc([N+](=O)[O-])c1. The molecule has 0 aliphatic carbocycles. The quantitative estimate of drug-likeness (QED) is 0.647. The summed E-state index contributed by atoms with van der Waals surface area (Å²) in [6.45, 7) is 4.12. The number of nitrogens with one attached hydrogen (secondary N) is 1. The van der Waals surface area contributed by atoms with Crippen LogP contribution in [-0.4, -0.2) is 27.7 Å². The van der Waals surface area contributed by atoms with E-state index in [0.717, 1.165) is 5.01 Å². The van der Waals surface area contributed by atoms with E-state index < -0.39 is 28.3 Å². The average Bonchev–Trinajstić information content (AvgIpc) is 2.65. The zero-order chi connectivity index (χ0) is 20.6. The summed E-state index contributed by atoms with van der Waals surface area (Å²) in [5.74, 6) is -1.45. The maximum absolute atomic E-state index is 13.2. The second-order valence-corrected chi connectivity index (χ2v) is 6.51. The van der Waals surface area contributed by atoms with Crippen LogP contribution in [0.5, 0.6) is 0 Å². The first-order chi connectivity index (χ1) is 13.2. The summed E-state index contributed by atoms with van der Waals surface area (Å²) in [6, 6.07) is 12.1. The molecule has 3 amide bonds. The van der Waals surface area contributed by atoms with Crippen molar-refractivity contribution in [3.8, 4) is 0 Å². The fourth-order valence-electron chi connectivity index (χ4n) is 3.47. The van der Waals surface area contributed by atoms with Gasteiger partial charge in [-0.25, -0.2) is 5.01 Å². The number of non-ortho nitro benzene ring substituents is 1. The minimum atomic E-state index is -1.52. The van der Waals surface area contributed by atoms with Crippen molar-refractivity contribution >= 4 is 29.1 Å². The first-order valence-electron chi connectivity index (χ1n) is 8.44. The van der Waals surface area contributed by atoms with Crippen LogP contribution >= 0.6 is 0 Å². The van der Waals surface area contributed by atoms with Gasteiger partial charge in [-0.15, -0.1) is 0 Å². The van der Waals surface area contributed by atoms with Crippen molar-refractivity contribution in [3.63, 3.8) is 0 Å². The molecule has 2 aromatic carbocycles. The number of hydrazine groups is 1. The number of carbonyl (C=O) groups excluding carboxylic acids is 3. The van der Waals surface area contributed by atoms with Crippen molar-refractivity contribution in [2.75, 3.05) is 4.90 Å². The third-order valence-electron chi connectivity index (χ3n) is 4.64. The van der Waals surface area contributed by atoms with Gasteiger partial charge in [0, 0.05) is 31.5 Å². The first-order valence-corrected chi connectivity index (χ1v) is 8.44. The standard InChI is InChI=1S/C19H18N4O5/c1-12(24)20-22-18(26)16-9-4-5-10-17(16)21(13(2)25)19(22,3)14-7-6-8-15(11-14)23(27)28/h4-11H,1-3H3,(H,20,24). The molecule has 28 heavy (non-hydrogen) atoms. The summed E-state index contributed by atoms with van der Waals surface area (Å²) in [5, 5.41) is 12.3. The molecule has 1 heterocycles. The molecule has 1 N–H and O–H groups in total. The summed E-state index contributed by atoms with van der Waals surface area (Å²) in [4.78, 5) is 49.7. The molecular formula is C19H18N4O5. The highest BCUT2D eigenvalue weighted by Crippen LogP contribution is 2.43. The molecule has 0 fully saturated rings. The number of amides is 3. The molecule has 1 aliphatic heterocycles. The fraction of sp³-hybridized carbons (Fsp3) is 0.211. The van der Waals surface area contributed by atoms with Crippen LogP contribution in [-0.2, 0) is 15.3 Å². The Labute approximate surface area is 160 Å². The van der Waals surface area contributed by atoms with Crippen LogP contribution in [0, 0.1) is 10.1 Å². The number of nitrogens with zero attached hydrogens (tertiary/aromatic N) is 3. The number of carbonyl (C=O) groups is 3. The molecule has 0 radical (unpaired) electrons. The summed E-state index contributed by atoms with van der Waals surface area (Å²) in [5.41, 5.74) is 1.65. The molecule has 0 spiro atoms. The van der Waals surface area contributed by atoms with E-state index in [1.165, 1.54) is 36.9 Å². The number of hydrogen-bond acceptors (Lipinski definition) is 5. The van der Waals surface area contributed by atoms with Gasteiger partial charge in [0.2, 0.25) is 11.8 Å². The Bertz CT molecular complexity index is 1010. The van der Waals surface area contributed by atoms with E-state index in [0.29, 0.717) is 11.3 Å². The van der Waals surface area contributed by atoms with Crippen LogP contribution in [0.2, 0.25) is 0 Å². The van der Waals surface area contributed by atoms with E-state index >= 15 is 0 Å². The molecule has 0 saturated heterocycles. The molecule has 9 heteroatoms. The van der Waals surface area contributed by atoms with Crippen LogP contribution in [0.3, 0.4) is 0 Å². The van der Waals surface area contributed by atoms with E-state index in [1.54, 1.807) is 37.3 Å². The van der Waals surface area contributed by atoms with Gasteiger partial charge in [0.05, 0.1) is 16.2 Å². The number of para-hydroxylation sites is 1. The van der Waals surface area contributed by atoms with Gasteiger partial charge in [0.25, 0.3) is 11.6 Å². The number of benzene rings is 2. The molecule has 0 aromatic heterocycles. The smallest absolute Gasteiger partial charge is 0.276 e. The number of nitro groups is 1.